The molecule has 0 bridgehead atoms. The Morgan fingerprint density at radius 2 is 2.15 bits per heavy atom. The molecule has 20 heavy (non-hydrogen) atoms. The fourth-order valence-corrected chi connectivity index (χ4v) is 4.64. The average molecular weight is 330 g/mol. The molecular formula is C9H10N6O2S3. The average Bonchev–Trinajstić information content (AvgIpc) is 3.02. The molecule has 3 rings (SSSR count). The second-order valence-electron chi connectivity index (χ2n) is 3.87. The fraction of sp³-hybridized carbons (Fsp3) is 0.111. The van der Waals surface area contributed by atoms with Crippen molar-refractivity contribution in [2.75, 3.05) is 10.1 Å². The van der Waals surface area contributed by atoms with Crippen molar-refractivity contribution in [1.82, 2.24) is 14.4 Å². The molecule has 4 N–H and O–H groups in total. The molecule has 0 saturated heterocycles. The molecule has 11 heteroatoms. The lowest BCUT2D eigenvalue weighted by Gasteiger charge is -2.05. The molecule has 3 heterocycles. The van der Waals surface area contributed by atoms with Crippen LogP contribution in [0, 0.1) is 6.92 Å². The van der Waals surface area contributed by atoms with Crippen LogP contribution in [0.4, 0.5) is 10.9 Å². The van der Waals surface area contributed by atoms with Crippen molar-refractivity contribution in [3.05, 3.63) is 22.7 Å². The van der Waals surface area contributed by atoms with E-state index in [4.69, 9.17) is 5.84 Å². The molecule has 106 valence electrons. The number of sulfonamides is 1. The van der Waals surface area contributed by atoms with Gasteiger partial charge in [-0.3, -0.25) is 9.12 Å². The molecular weight excluding hydrogens is 320 g/mol. The fourth-order valence-electron chi connectivity index (χ4n) is 1.68. The summed E-state index contributed by atoms with van der Waals surface area (Å²) < 4.78 is 28.8. The van der Waals surface area contributed by atoms with Crippen molar-refractivity contribution in [2.24, 2.45) is 5.84 Å². The number of hydrogen-bond acceptors (Lipinski definition) is 8. The molecule has 0 aliphatic carbocycles. The molecule has 0 unspecified atom stereocenters. The summed E-state index contributed by atoms with van der Waals surface area (Å²) in [4.78, 5) is 8.73. The minimum atomic E-state index is -3.83. The maximum atomic E-state index is 12.5. The van der Waals surface area contributed by atoms with Crippen molar-refractivity contribution in [1.29, 1.82) is 0 Å². The first kappa shape index (κ1) is 13.3. The van der Waals surface area contributed by atoms with E-state index in [2.05, 4.69) is 20.1 Å². The molecule has 0 fully saturated rings. The Balaban J connectivity index is 2.10. The molecule has 0 aliphatic heterocycles. The summed E-state index contributed by atoms with van der Waals surface area (Å²) >= 11 is 2.53. The number of rotatable bonds is 4. The summed E-state index contributed by atoms with van der Waals surface area (Å²) in [5.74, 6) is 5.44. The Hall–Kier alpha value is -1.69. The highest BCUT2D eigenvalue weighted by atomic mass is 32.2. The summed E-state index contributed by atoms with van der Waals surface area (Å²) in [6, 6.07) is 0. The van der Waals surface area contributed by atoms with Crippen molar-refractivity contribution in [2.45, 2.75) is 11.9 Å². The summed E-state index contributed by atoms with van der Waals surface area (Å²) in [7, 11) is -3.83. The Kier molecular flexibility index (Phi) is 3.12. The SMILES string of the molecule is Cc1csc(NS(=O)(=O)c2c(NN)nc3sccn23)n1. The topological polar surface area (TPSA) is 114 Å². The third kappa shape index (κ3) is 2.14. The minimum Gasteiger partial charge on any atom is -0.306 e. The van der Waals surface area contributed by atoms with Crippen molar-refractivity contribution in [3.63, 3.8) is 0 Å². The molecule has 3 aromatic rings. The molecule has 3 aromatic heterocycles. The number of nitrogens with one attached hydrogen (secondary N) is 2. The van der Waals surface area contributed by atoms with Crippen LogP contribution in [-0.2, 0) is 10.0 Å². The number of nitrogen functional groups attached to an aromatic ring is 1. The first-order valence-corrected chi connectivity index (χ1v) is 8.62. The van der Waals surface area contributed by atoms with E-state index in [1.165, 1.54) is 27.1 Å². The largest absolute Gasteiger partial charge is 0.306 e. The zero-order chi connectivity index (χ0) is 14.3. The monoisotopic (exact) mass is 330 g/mol. The predicted molar refractivity (Wildman–Crippen MR) is 78.5 cm³/mol. The second-order valence-corrected chi connectivity index (χ2v) is 7.19. The van der Waals surface area contributed by atoms with E-state index >= 15 is 0 Å². The van der Waals surface area contributed by atoms with Crippen LogP contribution in [0.3, 0.4) is 0 Å². The first-order valence-electron chi connectivity index (χ1n) is 5.38. The zero-order valence-corrected chi connectivity index (χ0v) is 12.6. The van der Waals surface area contributed by atoms with Gasteiger partial charge in [-0.25, -0.2) is 10.8 Å². The van der Waals surface area contributed by atoms with Gasteiger partial charge in [-0.05, 0) is 6.92 Å². The van der Waals surface area contributed by atoms with E-state index in [1.807, 2.05) is 0 Å². The lowest BCUT2D eigenvalue weighted by Crippen LogP contribution is -2.18. The van der Waals surface area contributed by atoms with Gasteiger partial charge in [0.05, 0.1) is 5.69 Å². The van der Waals surface area contributed by atoms with Crippen molar-refractivity contribution >= 4 is 48.6 Å². The highest BCUT2D eigenvalue weighted by Crippen LogP contribution is 2.27. The van der Waals surface area contributed by atoms with E-state index in [9.17, 15) is 8.42 Å². The molecule has 0 amide bonds. The van der Waals surface area contributed by atoms with Gasteiger partial charge >= 0.3 is 0 Å². The number of aromatic nitrogens is 3. The van der Waals surface area contributed by atoms with Gasteiger partial charge in [-0.15, -0.1) is 22.7 Å². The lowest BCUT2D eigenvalue weighted by atomic mass is 10.6. The van der Waals surface area contributed by atoms with Crippen LogP contribution in [0.2, 0.25) is 0 Å². The third-order valence-corrected chi connectivity index (χ3v) is 5.57. The predicted octanol–water partition coefficient (Wildman–Crippen LogP) is 1.25. The maximum absolute atomic E-state index is 12.5. The van der Waals surface area contributed by atoms with Crippen LogP contribution >= 0.6 is 22.7 Å². The van der Waals surface area contributed by atoms with Gasteiger partial charge in [0, 0.05) is 17.0 Å². The van der Waals surface area contributed by atoms with Crippen LogP contribution in [0.15, 0.2) is 22.0 Å². The highest BCUT2D eigenvalue weighted by molar-refractivity contribution is 7.93. The Bertz CT molecular complexity index is 861. The molecule has 0 radical (unpaired) electrons. The van der Waals surface area contributed by atoms with Gasteiger partial charge in [-0.1, -0.05) is 0 Å². The second kappa shape index (κ2) is 4.70. The van der Waals surface area contributed by atoms with Gasteiger partial charge in [-0.2, -0.15) is 13.4 Å². The van der Waals surface area contributed by atoms with Crippen molar-refractivity contribution in [3.8, 4) is 0 Å². The number of nitrogens with two attached hydrogens (primary N) is 1. The smallest absolute Gasteiger partial charge is 0.283 e. The molecule has 0 atom stereocenters. The highest BCUT2D eigenvalue weighted by Gasteiger charge is 2.26. The number of hydrazine groups is 1. The molecule has 8 nitrogen and oxygen atoms in total. The number of fused-ring (bicyclic) bond motifs is 1. The number of thiazole rings is 2. The van der Waals surface area contributed by atoms with Gasteiger partial charge in [0.25, 0.3) is 10.0 Å². The summed E-state index contributed by atoms with van der Waals surface area (Å²) in [6.45, 7) is 1.79. The van der Waals surface area contributed by atoms with Crippen LogP contribution in [-0.4, -0.2) is 22.8 Å². The standard InChI is InChI=1S/C9H10N6O2S3/c1-5-4-19-8(11-5)14-20(16,17)7-6(13-10)12-9-15(7)2-3-18-9/h2-4,13H,10H2,1H3,(H,11,14). The van der Waals surface area contributed by atoms with Crippen LogP contribution < -0.4 is 16.0 Å². The summed E-state index contributed by atoms with van der Waals surface area (Å²) in [6.07, 6.45) is 1.62. The first-order chi connectivity index (χ1) is 9.51. The quantitative estimate of drug-likeness (QED) is 0.490. The number of anilines is 2. The van der Waals surface area contributed by atoms with Gasteiger partial charge in [0.2, 0.25) is 5.03 Å². The van der Waals surface area contributed by atoms with E-state index in [1.54, 1.807) is 23.9 Å². The Morgan fingerprint density at radius 1 is 1.35 bits per heavy atom. The molecule has 0 spiro atoms. The van der Waals surface area contributed by atoms with E-state index in [-0.39, 0.29) is 10.8 Å². The van der Waals surface area contributed by atoms with E-state index in [0.717, 1.165) is 5.69 Å². The Labute approximate surface area is 122 Å². The lowest BCUT2D eigenvalue weighted by molar-refractivity contribution is 0.597. The number of aryl methyl sites for hydroxylation is 1. The van der Waals surface area contributed by atoms with E-state index < -0.39 is 10.0 Å². The van der Waals surface area contributed by atoms with Crippen LogP contribution in [0.1, 0.15) is 5.69 Å². The molecule has 0 saturated carbocycles. The molecule has 0 aliphatic rings. The minimum absolute atomic E-state index is 0.0379. The third-order valence-electron chi connectivity index (χ3n) is 2.45. The van der Waals surface area contributed by atoms with Crippen molar-refractivity contribution < 1.29 is 8.42 Å². The van der Waals surface area contributed by atoms with Gasteiger partial charge < -0.3 is 5.43 Å². The maximum Gasteiger partial charge on any atom is 0.283 e. The van der Waals surface area contributed by atoms with Crippen LogP contribution in [0.5, 0.6) is 0 Å². The Morgan fingerprint density at radius 3 is 2.80 bits per heavy atom. The van der Waals surface area contributed by atoms with Gasteiger partial charge in [0.1, 0.15) is 0 Å². The number of nitrogens with zero attached hydrogens (tertiary/aromatic N) is 3. The normalized spacial score (nSPS) is 11.9. The van der Waals surface area contributed by atoms with E-state index in [0.29, 0.717) is 10.1 Å². The number of hydrogen-bond donors (Lipinski definition) is 3. The summed E-state index contributed by atoms with van der Waals surface area (Å²) in [5.41, 5.74) is 3.06. The zero-order valence-electron chi connectivity index (χ0n) is 10.2. The van der Waals surface area contributed by atoms with Gasteiger partial charge in [0.15, 0.2) is 15.9 Å². The van der Waals surface area contributed by atoms with Crippen LogP contribution in [0.25, 0.3) is 4.96 Å². The summed E-state index contributed by atoms with van der Waals surface area (Å²) in [5, 5.41) is 3.77. The molecule has 0 aromatic carbocycles. The number of imidazole rings is 1.